The molecule has 0 aliphatic heterocycles. The fourth-order valence-corrected chi connectivity index (χ4v) is 4.22. The molecule has 5 aromatic rings. The van der Waals surface area contributed by atoms with Crippen LogP contribution in [0.15, 0.2) is 102 Å². The number of amides is 1. The van der Waals surface area contributed by atoms with E-state index in [-0.39, 0.29) is 11.0 Å². The normalized spacial score (nSPS) is 10.9. The monoisotopic (exact) mass is 478 g/mol. The van der Waals surface area contributed by atoms with Gasteiger partial charge in [0, 0.05) is 17.4 Å². The molecule has 1 amide bonds. The summed E-state index contributed by atoms with van der Waals surface area (Å²) >= 11 is 5.51. The molecular weight excluding hydrogens is 456 g/mol. The van der Waals surface area contributed by atoms with Crippen molar-refractivity contribution in [2.75, 3.05) is 5.32 Å². The number of carbonyl (C=O) groups excluding carboxylic acids is 1. The second kappa shape index (κ2) is 9.87. The van der Waals surface area contributed by atoms with Gasteiger partial charge in [-0.1, -0.05) is 66.7 Å². The predicted molar refractivity (Wildman–Crippen MR) is 141 cm³/mol. The summed E-state index contributed by atoms with van der Waals surface area (Å²) in [6.07, 6.45) is 1.68. The zero-order valence-electron chi connectivity index (χ0n) is 18.9. The van der Waals surface area contributed by atoms with Crippen LogP contribution in [0.5, 0.6) is 0 Å². The van der Waals surface area contributed by atoms with E-state index < -0.39 is 5.92 Å². The Hall–Kier alpha value is -4.36. The number of oxazole rings is 1. The van der Waals surface area contributed by atoms with Crippen molar-refractivity contribution >= 4 is 40.2 Å². The summed E-state index contributed by atoms with van der Waals surface area (Å²) in [4.78, 5) is 22.1. The van der Waals surface area contributed by atoms with Gasteiger partial charge in [0.1, 0.15) is 0 Å². The number of rotatable bonds is 5. The van der Waals surface area contributed by atoms with Crippen molar-refractivity contribution in [1.82, 2.24) is 15.3 Å². The van der Waals surface area contributed by atoms with E-state index in [1.807, 2.05) is 91.9 Å². The molecule has 2 heterocycles. The van der Waals surface area contributed by atoms with Gasteiger partial charge in [0.25, 0.3) is 0 Å². The largest absolute Gasteiger partial charge is 0.434 e. The molecule has 6 nitrogen and oxygen atoms in total. The number of fused-ring (bicyclic) bond motifs is 1. The summed E-state index contributed by atoms with van der Waals surface area (Å²) in [5.41, 5.74) is 5.40. The van der Waals surface area contributed by atoms with Crippen molar-refractivity contribution in [2.24, 2.45) is 0 Å². The topological polar surface area (TPSA) is 80.0 Å². The summed E-state index contributed by atoms with van der Waals surface area (Å²) in [6, 6.07) is 28.6. The predicted octanol–water partition coefficient (Wildman–Crippen LogP) is 5.84. The lowest BCUT2D eigenvalue weighted by Crippen LogP contribution is -2.38. The third-order valence-corrected chi connectivity index (χ3v) is 5.95. The second-order valence-electron chi connectivity index (χ2n) is 8.02. The Morgan fingerprint density at radius 1 is 0.886 bits per heavy atom. The van der Waals surface area contributed by atoms with Gasteiger partial charge in [-0.3, -0.25) is 4.79 Å². The standard InChI is InChI=1S/C28H22N4O2S/c1-18-21(27-31-25-23(34-27)16-9-17-29-25)14-8-15-22(18)30-28(35)32-26(33)24(19-10-4-2-5-11-19)20-12-6-3-7-13-20/h2-17,24H,1H3,(H2,30,32,33,35). The molecule has 35 heavy (non-hydrogen) atoms. The molecule has 0 radical (unpaired) electrons. The third kappa shape index (κ3) is 4.81. The highest BCUT2D eigenvalue weighted by Gasteiger charge is 2.23. The summed E-state index contributed by atoms with van der Waals surface area (Å²) in [5, 5.41) is 6.24. The molecule has 0 aliphatic rings. The smallest absolute Gasteiger partial charge is 0.238 e. The Kier molecular flexibility index (Phi) is 6.32. The molecule has 0 atom stereocenters. The molecule has 0 aliphatic carbocycles. The summed E-state index contributed by atoms with van der Waals surface area (Å²) in [5.74, 6) is -0.224. The number of hydrogen-bond acceptors (Lipinski definition) is 5. The number of nitrogens with one attached hydrogen (secondary N) is 2. The number of pyridine rings is 1. The van der Waals surface area contributed by atoms with Gasteiger partial charge in [-0.15, -0.1) is 0 Å². The molecule has 2 aromatic heterocycles. The molecule has 0 bridgehead atoms. The maximum atomic E-state index is 13.3. The Balaban J connectivity index is 1.37. The van der Waals surface area contributed by atoms with Crippen molar-refractivity contribution in [2.45, 2.75) is 12.8 Å². The lowest BCUT2D eigenvalue weighted by atomic mass is 9.90. The van der Waals surface area contributed by atoms with Crippen LogP contribution in [0.1, 0.15) is 22.6 Å². The molecule has 0 spiro atoms. The number of hydrogen-bond donors (Lipinski definition) is 2. The highest BCUT2D eigenvalue weighted by atomic mass is 32.1. The highest BCUT2D eigenvalue weighted by Crippen LogP contribution is 2.30. The zero-order valence-corrected chi connectivity index (χ0v) is 19.8. The van der Waals surface area contributed by atoms with Gasteiger partial charge in [0.2, 0.25) is 11.8 Å². The minimum atomic E-state index is -0.489. The van der Waals surface area contributed by atoms with E-state index in [2.05, 4.69) is 20.6 Å². The van der Waals surface area contributed by atoms with Crippen LogP contribution in [0.2, 0.25) is 0 Å². The fourth-order valence-electron chi connectivity index (χ4n) is 4.01. The molecule has 172 valence electrons. The summed E-state index contributed by atoms with van der Waals surface area (Å²) < 4.78 is 5.88. The van der Waals surface area contributed by atoms with Crippen LogP contribution in [0.25, 0.3) is 22.7 Å². The Labute approximate surface area is 208 Å². The van der Waals surface area contributed by atoms with Crippen molar-refractivity contribution in [3.8, 4) is 11.5 Å². The highest BCUT2D eigenvalue weighted by molar-refractivity contribution is 7.80. The SMILES string of the molecule is Cc1c(NC(=S)NC(=O)C(c2ccccc2)c2ccccc2)cccc1-c1nc2ncccc2o1. The molecule has 7 heteroatoms. The van der Waals surface area contributed by atoms with E-state index in [4.69, 9.17) is 16.6 Å². The molecule has 0 fully saturated rings. The van der Waals surface area contributed by atoms with Crippen LogP contribution in [0, 0.1) is 6.92 Å². The van der Waals surface area contributed by atoms with Crippen LogP contribution in [-0.2, 0) is 4.79 Å². The van der Waals surface area contributed by atoms with Gasteiger partial charge < -0.3 is 15.1 Å². The zero-order chi connectivity index (χ0) is 24.2. The number of thiocarbonyl (C=S) groups is 1. The van der Waals surface area contributed by atoms with Crippen LogP contribution in [-0.4, -0.2) is 21.0 Å². The molecule has 0 saturated heterocycles. The molecule has 3 aromatic carbocycles. The van der Waals surface area contributed by atoms with E-state index in [1.54, 1.807) is 12.3 Å². The van der Waals surface area contributed by atoms with Crippen molar-refractivity contribution < 1.29 is 9.21 Å². The van der Waals surface area contributed by atoms with E-state index in [9.17, 15) is 4.79 Å². The minimum absolute atomic E-state index is 0.210. The Morgan fingerprint density at radius 3 is 2.23 bits per heavy atom. The van der Waals surface area contributed by atoms with Crippen molar-refractivity contribution in [3.63, 3.8) is 0 Å². The molecule has 0 unspecified atom stereocenters. The molecule has 2 N–H and O–H groups in total. The van der Waals surface area contributed by atoms with E-state index in [1.165, 1.54) is 0 Å². The first-order valence-electron chi connectivity index (χ1n) is 11.1. The van der Waals surface area contributed by atoms with Crippen LogP contribution in [0.3, 0.4) is 0 Å². The van der Waals surface area contributed by atoms with E-state index >= 15 is 0 Å². The Bertz CT molecular complexity index is 1430. The second-order valence-corrected chi connectivity index (χ2v) is 8.43. The maximum Gasteiger partial charge on any atom is 0.238 e. The number of aromatic nitrogens is 2. The minimum Gasteiger partial charge on any atom is -0.434 e. The molecule has 5 rings (SSSR count). The third-order valence-electron chi connectivity index (χ3n) is 5.74. The Morgan fingerprint density at radius 2 is 1.57 bits per heavy atom. The number of carbonyl (C=O) groups is 1. The van der Waals surface area contributed by atoms with Gasteiger partial charge in [-0.05, 0) is 60.1 Å². The number of anilines is 1. The first-order chi connectivity index (χ1) is 17.1. The quantitative estimate of drug-likeness (QED) is 0.309. The first kappa shape index (κ1) is 22.4. The van der Waals surface area contributed by atoms with Crippen LogP contribution in [0.4, 0.5) is 5.69 Å². The van der Waals surface area contributed by atoms with E-state index in [0.29, 0.717) is 17.1 Å². The van der Waals surface area contributed by atoms with Crippen molar-refractivity contribution in [1.29, 1.82) is 0 Å². The van der Waals surface area contributed by atoms with Gasteiger partial charge in [0.05, 0.1) is 5.92 Å². The van der Waals surface area contributed by atoms with E-state index in [0.717, 1.165) is 27.9 Å². The average Bonchev–Trinajstić information content (AvgIpc) is 3.31. The molecular formula is C28H22N4O2S. The number of nitrogens with zero attached hydrogens (tertiary/aromatic N) is 2. The maximum absolute atomic E-state index is 13.3. The first-order valence-corrected chi connectivity index (χ1v) is 11.5. The van der Waals surface area contributed by atoms with Gasteiger partial charge in [-0.2, -0.15) is 4.98 Å². The lowest BCUT2D eigenvalue weighted by molar-refractivity contribution is -0.120. The summed E-state index contributed by atoms with van der Waals surface area (Å²) in [7, 11) is 0. The van der Waals surface area contributed by atoms with Gasteiger partial charge in [-0.25, -0.2) is 4.98 Å². The number of benzene rings is 3. The summed E-state index contributed by atoms with van der Waals surface area (Å²) in [6.45, 7) is 1.95. The fraction of sp³-hybridized carbons (Fsp3) is 0.0714. The van der Waals surface area contributed by atoms with Gasteiger partial charge >= 0.3 is 0 Å². The van der Waals surface area contributed by atoms with Crippen molar-refractivity contribution in [3.05, 3.63) is 114 Å². The van der Waals surface area contributed by atoms with Crippen LogP contribution < -0.4 is 10.6 Å². The average molecular weight is 479 g/mol. The molecule has 0 saturated carbocycles. The lowest BCUT2D eigenvalue weighted by Gasteiger charge is -2.19. The van der Waals surface area contributed by atoms with Crippen LogP contribution >= 0.6 is 12.2 Å². The van der Waals surface area contributed by atoms with Gasteiger partial charge in [0.15, 0.2) is 16.3 Å².